The minimum Gasteiger partial charge on any atom is -0.396 e. The van der Waals surface area contributed by atoms with Gasteiger partial charge in [0.05, 0.1) is 23.6 Å². The van der Waals surface area contributed by atoms with E-state index in [0.29, 0.717) is 29.2 Å². The molecule has 1 aromatic carbocycles. The number of hydrogen-bond acceptors (Lipinski definition) is 5. The number of aliphatic hydroxyl groups excluding tert-OH is 1. The van der Waals surface area contributed by atoms with Crippen molar-refractivity contribution in [1.29, 1.82) is 0 Å². The lowest BCUT2D eigenvalue weighted by Gasteiger charge is -2.32. The summed E-state index contributed by atoms with van der Waals surface area (Å²) >= 11 is 0. The molecule has 0 bridgehead atoms. The number of carbonyl (C=O) groups is 1. The summed E-state index contributed by atoms with van der Waals surface area (Å²) in [5.74, 6) is 5.74. The van der Waals surface area contributed by atoms with Crippen molar-refractivity contribution in [3.63, 3.8) is 0 Å². The Morgan fingerprint density at radius 3 is 2.60 bits per heavy atom. The lowest BCUT2D eigenvalue weighted by molar-refractivity contribution is -0.132. The van der Waals surface area contributed by atoms with Gasteiger partial charge in [-0.25, -0.2) is 5.84 Å². The van der Waals surface area contributed by atoms with Gasteiger partial charge < -0.3 is 20.7 Å². The Balaban J connectivity index is 2.90. The van der Waals surface area contributed by atoms with E-state index in [1.807, 2.05) is 31.2 Å². The van der Waals surface area contributed by atoms with Gasteiger partial charge in [-0.2, -0.15) is 0 Å². The van der Waals surface area contributed by atoms with Crippen LogP contribution in [-0.2, 0) is 11.3 Å². The van der Waals surface area contributed by atoms with Crippen LogP contribution in [0.3, 0.4) is 0 Å². The predicted molar refractivity (Wildman–Crippen MR) is 99.2 cm³/mol. The van der Waals surface area contributed by atoms with Gasteiger partial charge in [0.2, 0.25) is 0 Å². The zero-order chi connectivity index (χ0) is 18.6. The van der Waals surface area contributed by atoms with Gasteiger partial charge in [0.1, 0.15) is 6.61 Å². The van der Waals surface area contributed by atoms with Gasteiger partial charge in [-0.05, 0) is 18.6 Å². The molecular weight excluding hydrogens is 316 g/mol. The SMILES string of the molecule is C=CC1=C(\C=C)N(C(=O)CO)Cc2ccccc2/C(N)=C\1N(N)CC. The first-order chi connectivity index (χ1) is 12.0. The van der Waals surface area contributed by atoms with Crippen LogP contribution in [0, 0.1) is 0 Å². The van der Waals surface area contributed by atoms with Crippen LogP contribution in [0.25, 0.3) is 5.70 Å². The highest BCUT2D eigenvalue weighted by Gasteiger charge is 2.27. The van der Waals surface area contributed by atoms with Crippen molar-refractivity contribution < 1.29 is 9.90 Å². The molecule has 0 aliphatic carbocycles. The van der Waals surface area contributed by atoms with Crippen molar-refractivity contribution in [3.05, 3.63) is 77.7 Å². The third-order valence-corrected chi connectivity index (χ3v) is 4.17. The van der Waals surface area contributed by atoms with Crippen LogP contribution in [0.1, 0.15) is 18.1 Å². The van der Waals surface area contributed by atoms with E-state index in [4.69, 9.17) is 11.6 Å². The van der Waals surface area contributed by atoms with E-state index in [-0.39, 0.29) is 6.54 Å². The Morgan fingerprint density at radius 2 is 2.04 bits per heavy atom. The number of aliphatic hydroxyl groups is 1. The summed E-state index contributed by atoms with van der Waals surface area (Å²) in [6.07, 6.45) is 3.15. The third kappa shape index (κ3) is 3.35. The summed E-state index contributed by atoms with van der Waals surface area (Å²) < 4.78 is 0. The standard InChI is InChI=1S/C19H24N4O2/c1-4-14-16(5-2)22(17(25)12-24)11-13-9-7-8-10-15(13)18(20)19(14)23(21)6-3/h4-5,7-10,24H,1-2,6,11-12,20-21H2,3H3/b16-14-,19-18-. The fourth-order valence-electron chi connectivity index (χ4n) is 2.91. The van der Waals surface area contributed by atoms with E-state index in [2.05, 4.69) is 13.2 Å². The Labute approximate surface area is 148 Å². The molecular formula is C19H24N4O2. The Morgan fingerprint density at radius 1 is 1.36 bits per heavy atom. The fraction of sp³-hybridized carbons (Fsp3) is 0.211. The van der Waals surface area contributed by atoms with Gasteiger partial charge in [0.25, 0.3) is 5.91 Å². The molecule has 6 heteroatoms. The summed E-state index contributed by atoms with van der Waals surface area (Å²) in [7, 11) is 0. The Bertz CT molecular complexity index is 764. The average Bonchev–Trinajstić information content (AvgIpc) is 2.64. The number of amides is 1. The maximum atomic E-state index is 12.4. The molecule has 5 N–H and O–H groups in total. The molecule has 0 fully saturated rings. The van der Waals surface area contributed by atoms with Gasteiger partial charge in [-0.15, -0.1) is 0 Å². The van der Waals surface area contributed by atoms with E-state index in [1.165, 1.54) is 9.91 Å². The summed E-state index contributed by atoms with van der Waals surface area (Å²) in [6.45, 7) is 9.73. The highest BCUT2D eigenvalue weighted by molar-refractivity contribution is 5.82. The number of nitrogens with zero attached hydrogens (tertiary/aromatic N) is 2. The number of hydrogen-bond donors (Lipinski definition) is 3. The summed E-state index contributed by atoms with van der Waals surface area (Å²) in [6, 6.07) is 7.53. The second-order valence-electron chi connectivity index (χ2n) is 5.55. The van der Waals surface area contributed by atoms with Gasteiger partial charge in [0, 0.05) is 17.7 Å². The molecule has 1 aliphatic rings. The average molecular weight is 340 g/mol. The molecule has 0 aromatic heterocycles. The highest BCUT2D eigenvalue weighted by Crippen LogP contribution is 2.32. The monoisotopic (exact) mass is 340 g/mol. The number of hydrazine groups is 1. The minimum atomic E-state index is -0.613. The normalized spacial score (nSPS) is 20.4. The van der Waals surface area contributed by atoms with Crippen molar-refractivity contribution in [2.24, 2.45) is 11.6 Å². The van der Waals surface area contributed by atoms with Crippen LogP contribution >= 0.6 is 0 Å². The largest absolute Gasteiger partial charge is 0.396 e. The molecule has 1 aromatic rings. The van der Waals surface area contributed by atoms with Crippen LogP contribution in [0.15, 0.2) is 66.5 Å². The molecule has 0 atom stereocenters. The fourth-order valence-corrected chi connectivity index (χ4v) is 2.91. The van der Waals surface area contributed by atoms with Crippen LogP contribution < -0.4 is 11.6 Å². The molecule has 0 spiro atoms. The molecule has 1 aliphatic heterocycles. The van der Waals surface area contributed by atoms with Crippen molar-refractivity contribution >= 4 is 11.6 Å². The number of carbonyl (C=O) groups excluding carboxylic acids is 1. The van der Waals surface area contributed by atoms with Crippen molar-refractivity contribution in [2.75, 3.05) is 13.2 Å². The molecule has 25 heavy (non-hydrogen) atoms. The molecule has 0 saturated heterocycles. The quantitative estimate of drug-likeness (QED) is 0.557. The molecule has 1 heterocycles. The molecule has 0 radical (unpaired) electrons. The number of rotatable bonds is 5. The lowest BCUT2D eigenvalue weighted by Crippen LogP contribution is -2.38. The van der Waals surface area contributed by atoms with Gasteiger partial charge >= 0.3 is 0 Å². The lowest BCUT2D eigenvalue weighted by atomic mass is 9.95. The summed E-state index contributed by atoms with van der Waals surface area (Å²) in [4.78, 5) is 13.8. The topological polar surface area (TPSA) is 95.8 Å². The zero-order valence-electron chi connectivity index (χ0n) is 14.4. The molecule has 0 unspecified atom stereocenters. The number of allylic oxidation sites excluding steroid dienone is 2. The second kappa shape index (κ2) is 7.83. The van der Waals surface area contributed by atoms with Crippen molar-refractivity contribution in [3.8, 4) is 0 Å². The highest BCUT2D eigenvalue weighted by atomic mass is 16.3. The third-order valence-electron chi connectivity index (χ3n) is 4.17. The molecule has 1 amide bonds. The van der Waals surface area contributed by atoms with Crippen molar-refractivity contribution in [1.82, 2.24) is 9.91 Å². The van der Waals surface area contributed by atoms with Crippen LogP contribution in [0.5, 0.6) is 0 Å². The van der Waals surface area contributed by atoms with Crippen LogP contribution in [0.2, 0.25) is 0 Å². The smallest absolute Gasteiger partial charge is 0.253 e. The maximum absolute atomic E-state index is 12.4. The molecule has 6 nitrogen and oxygen atoms in total. The maximum Gasteiger partial charge on any atom is 0.253 e. The van der Waals surface area contributed by atoms with E-state index in [1.54, 1.807) is 12.2 Å². The van der Waals surface area contributed by atoms with Gasteiger partial charge in [-0.3, -0.25) is 4.79 Å². The van der Waals surface area contributed by atoms with Gasteiger partial charge in [-0.1, -0.05) is 43.5 Å². The Hall–Kier alpha value is -2.83. The molecule has 2 rings (SSSR count). The summed E-state index contributed by atoms with van der Waals surface area (Å²) in [5.41, 5.74) is 10.3. The van der Waals surface area contributed by atoms with E-state index in [0.717, 1.165) is 11.1 Å². The number of likely N-dealkylation sites (N-methyl/N-ethyl adjacent to an activating group) is 1. The van der Waals surface area contributed by atoms with E-state index >= 15 is 0 Å². The Kier molecular flexibility index (Phi) is 5.80. The summed E-state index contributed by atoms with van der Waals surface area (Å²) in [5, 5.41) is 10.9. The number of fused-ring (bicyclic) bond motifs is 1. The predicted octanol–water partition coefficient (Wildman–Crippen LogP) is 1.47. The first kappa shape index (κ1) is 18.5. The van der Waals surface area contributed by atoms with Crippen LogP contribution in [-0.4, -0.2) is 34.1 Å². The van der Waals surface area contributed by atoms with Crippen LogP contribution in [0.4, 0.5) is 0 Å². The van der Waals surface area contributed by atoms with E-state index in [9.17, 15) is 9.90 Å². The van der Waals surface area contributed by atoms with Crippen molar-refractivity contribution in [2.45, 2.75) is 13.5 Å². The minimum absolute atomic E-state index is 0.263. The number of benzene rings is 1. The first-order valence-electron chi connectivity index (χ1n) is 8.01. The van der Waals surface area contributed by atoms with Gasteiger partial charge in [0.15, 0.2) is 0 Å². The first-order valence-corrected chi connectivity index (χ1v) is 8.01. The number of nitrogens with two attached hydrogens (primary N) is 2. The molecule has 0 saturated carbocycles. The zero-order valence-corrected chi connectivity index (χ0v) is 14.4. The second-order valence-corrected chi connectivity index (χ2v) is 5.55. The molecule has 132 valence electrons. The van der Waals surface area contributed by atoms with E-state index < -0.39 is 12.5 Å².